The highest BCUT2D eigenvalue weighted by Gasteiger charge is 2.42. The zero-order chi connectivity index (χ0) is 23.3. The topological polar surface area (TPSA) is 83.0 Å². The summed E-state index contributed by atoms with van der Waals surface area (Å²) < 4.78 is 50.7. The Bertz CT molecular complexity index is 925. The largest absolute Gasteiger partial charge is 0.490 e. The fourth-order valence-corrected chi connectivity index (χ4v) is 3.62. The zero-order valence-corrected chi connectivity index (χ0v) is 16.8. The molecule has 0 bridgehead atoms. The van der Waals surface area contributed by atoms with Crippen LogP contribution in [0.3, 0.4) is 0 Å². The van der Waals surface area contributed by atoms with Gasteiger partial charge in [-0.2, -0.15) is 13.2 Å². The summed E-state index contributed by atoms with van der Waals surface area (Å²) in [4.78, 5) is 29.8. The van der Waals surface area contributed by atoms with E-state index >= 15 is 0 Å². The van der Waals surface area contributed by atoms with Crippen LogP contribution in [-0.2, 0) is 16.1 Å². The van der Waals surface area contributed by atoms with Crippen LogP contribution < -0.4 is 0 Å². The van der Waals surface area contributed by atoms with Crippen molar-refractivity contribution in [2.45, 2.75) is 24.9 Å². The number of nitrogens with zero attached hydrogens (tertiary/aromatic N) is 3. The number of hydrogen-bond acceptors (Lipinski definition) is 5. The number of alkyl halides is 3. The number of aromatic nitrogens is 1. The first-order valence-corrected chi connectivity index (χ1v) is 9.74. The molecule has 2 aliphatic heterocycles. The zero-order valence-electron chi connectivity index (χ0n) is 16.8. The minimum atomic E-state index is -5.08. The van der Waals surface area contributed by atoms with E-state index in [2.05, 4.69) is 9.88 Å². The van der Waals surface area contributed by atoms with Crippen molar-refractivity contribution >= 4 is 11.9 Å². The number of aliphatic carboxylic acids is 1. The maximum Gasteiger partial charge on any atom is 0.490 e. The minimum absolute atomic E-state index is 0.0278. The second-order valence-electron chi connectivity index (χ2n) is 7.32. The van der Waals surface area contributed by atoms with E-state index in [9.17, 15) is 22.4 Å². The molecule has 1 amide bonds. The molecule has 2 aromatic rings. The molecule has 32 heavy (non-hydrogen) atoms. The molecule has 1 aromatic carbocycles. The average molecular weight is 455 g/mol. The summed E-state index contributed by atoms with van der Waals surface area (Å²) in [6, 6.07) is 9.93. The molecule has 2 atom stereocenters. The van der Waals surface area contributed by atoms with E-state index in [0.717, 1.165) is 13.1 Å². The average Bonchev–Trinajstić information content (AvgIpc) is 3.20. The molecule has 172 valence electrons. The highest BCUT2D eigenvalue weighted by atomic mass is 19.4. The van der Waals surface area contributed by atoms with Crippen molar-refractivity contribution in [3.8, 4) is 0 Å². The lowest BCUT2D eigenvalue weighted by Gasteiger charge is -2.36. The molecule has 0 saturated carbocycles. The number of hydrogen-bond donors (Lipinski definition) is 1. The molecule has 2 aliphatic rings. The van der Waals surface area contributed by atoms with E-state index in [0.29, 0.717) is 25.3 Å². The lowest BCUT2D eigenvalue weighted by Crippen LogP contribution is -2.50. The first-order chi connectivity index (χ1) is 15.1. The highest BCUT2D eigenvalue weighted by Crippen LogP contribution is 2.25. The van der Waals surface area contributed by atoms with Gasteiger partial charge in [0.25, 0.3) is 5.91 Å². The molecule has 11 heteroatoms. The highest BCUT2D eigenvalue weighted by molar-refractivity contribution is 5.94. The van der Waals surface area contributed by atoms with Gasteiger partial charge in [-0.1, -0.05) is 0 Å². The number of carbonyl (C=O) groups is 2. The van der Waals surface area contributed by atoms with Crippen LogP contribution in [0.15, 0.2) is 48.8 Å². The van der Waals surface area contributed by atoms with Gasteiger partial charge < -0.3 is 14.7 Å². The van der Waals surface area contributed by atoms with E-state index in [4.69, 9.17) is 14.6 Å². The molecule has 0 aliphatic carbocycles. The normalized spacial score (nSPS) is 20.8. The van der Waals surface area contributed by atoms with Crippen molar-refractivity contribution in [3.63, 3.8) is 0 Å². The molecule has 2 fully saturated rings. The number of halogens is 4. The van der Waals surface area contributed by atoms with Crippen LogP contribution in [0.1, 0.15) is 15.9 Å². The standard InChI is InChI=1S/C19H20FN3O2.C2HF3O2/c20-16-3-1-15(2-4-16)19(24)23-12-17-18(13-23)25-10-9-22(17)11-14-5-7-21-8-6-14;3-2(4,5)1(6)7/h1-8,17-18H,9-13H2;(H,6,7)/t17-,18+;/m1./s1. The Morgan fingerprint density at radius 3 is 2.31 bits per heavy atom. The lowest BCUT2D eigenvalue weighted by molar-refractivity contribution is -0.192. The van der Waals surface area contributed by atoms with Gasteiger partial charge in [0, 0.05) is 44.1 Å². The molecule has 0 unspecified atom stereocenters. The minimum Gasteiger partial charge on any atom is -0.475 e. The Labute approximate surface area is 181 Å². The number of carboxylic acid groups (broad SMARTS) is 1. The monoisotopic (exact) mass is 455 g/mol. The quantitative estimate of drug-likeness (QED) is 0.717. The third-order valence-corrected chi connectivity index (χ3v) is 5.17. The van der Waals surface area contributed by atoms with Crippen molar-refractivity contribution in [1.29, 1.82) is 0 Å². The van der Waals surface area contributed by atoms with Gasteiger partial charge in [0.1, 0.15) is 5.82 Å². The van der Waals surface area contributed by atoms with E-state index in [1.807, 2.05) is 17.0 Å². The number of carbonyl (C=O) groups excluding carboxylic acids is 1. The summed E-state index contributed by atoms with van der Waals surface area (Å²) in [5, 5.41) is 7.12. The fourth-order valence-electron chi connectivity index (χ4n) is 3.62. The van der Waals surface area contributed by atoms with Crippen LogP contribution in [0.4, 0.5) is 17.6 Å². The number of likely N-dealkylation sites (tertiary alicyclic amines) is 1. The number of benzene rings is 1. The predicted octanol–water partition coefficient (Wildman–Crippen LogP) is 2.58. The first-order valence-electron chi connectivity index (χ1n) is 9.74. The van der Waals surface area contributed by atoms with Gasteiger partial charge in [0.05, 0.1) is 18.8 Å². The second kappa shape index (κ2) is 10.0. The van der Waals surface area contributed by atoms with Crippen LogP contribution in [0.2, 0.25) is 0 Å². The van der Waals surface area contributed by atoms with Crippen LogP contribution in [0, 0.1) is 5.82 Å². The molecule has 1 N–H and O–H groups in total. The summed E-state index contributed by atoms with van der Waals surface area (Å²) in [5.41, 5.74) is 1.72. The van der Waals surface area contributed by atoms with Gasteiger partial charge in [-0.25, -0.2) is 9.18 Å². The van der Waals surface area contributed by atoms with Gasteiger partial charge in [0.2, 0.25) is 0 Å². The molecular weight excluding hydrogens is 434 g/mol. The first kappa shape index (κ1) is 23.6. The summed E-state index contributed by atoms with van der Waals surface area (Å²) in [5.74, 6) is -3.16. The van der Waals surface area contributed by atoms with Crippen molar-refractivity contribution in [2.75, 3.05) is 26.2 Å². The number of ether oxygens (including phenoxy) is 1. The predicted molar refractivity (Wildman–Crippen MR) is 104 cm³/mol. The summed E-state index contributed by atoms with van der Waals surface area (Å²) in [7, 11) is 0. The van der Waals surface area contributed by atoms with E-state index in [-0.39, 0.29) is 23.9 Å². The third kappa shape index (κ3) is 6.01. The Morgan fingerprint density at radius 2 is 1.72 bits per heavy atom. The Balaban J connectivity index is 0.000000360. The molecule has 3 heterocycles. The molecule has 2 saturated heterocycles. The molecule has 7 nitrogen and oxygen atoms in total. The van der Waals surface area contributed by atoms with Crippen molar-refractivity contribution < 1.29 is 37.0 Å². The van der Waals surface area contributed by atoms with E-state index in [1.54, 1.807) is 12.4 Å². The molecule has 4 rings (SSSR count). The second-order valence-corrected chi connectivity index (χ2v) is 7.32. The number of morpholine rings is 1. The van der Waals surface area contributed by atoms with Crippen molar-refractivity contribution in [3.05, 3.63) is 65.7 Å². The fraction of sp³-hybridized carbons (Fsp3) is 0.381. The smallest absolute Gasteiger partial charge is 0.475 e. The third-order valence-electron chi connectivity index (χ3n) is 5.17. The molecule has 0 spiro atoms. The van der Waals surface area contributed by atoms with E-state index in [1.165, 1.54) is 29.8 Å². The van der Waals surface area contributed by atoms with Crippen molar-refractivity contribution in [2.24, 2.45) is 0 Å². The summed E-state index contributed by atoms with van der Waals surface area (Å²) in [6.45, 7) is 3.55. The maximum absolute atomic E-state index is 13.1. The van der Waals surface area contributed by atoms with Gasteiger partial charge >= 0.3 is 12.1 Å². The Morgan fingerprint density at radius 1 is 1.09 bits per heavy atom. The Kier molecular flexibility index (Phi) is 7.41. The summed E-state index contributed by atoms with van der Waals surface area (Å²) >= 11 is 0. The van der Waals surface area contributed by atoms with Crippen LogP contribution in [0.5, 0.6) is 0 Å². The van der Waals surface area contributed by atoms with Crippen molar-refractivity contribution in [1.82, 2.24) is 14.8 Å². The number of fused-ring (bicyclic) bond motifs is 1. The van der Waals surface area contributed by atoms with Crippen LogP contribution >= 0.6 is 0 Å². The number of pyridine rings is 1. The number of rotatable bonds is 3. The number of amides is 1. The van der Waals surface area contributed by atoms with E-state index < -0.39 is 12.1 Å². The summed E-state index contributed by atoms with van der Waals surface area (Å²) in [6.07, 6.45) is -1.46. The number of carboxylic acids is 1. The molecular formula is C21H21F4N3O4. The maximum atomic E-state index is 13.1. The molecule has 0 radical (unpaired) electrons. The van der Waals surface area contributed by atoms with Crippen LogP contribution in [-0.4, -0.2) is 76.3 Å². The SMILES string of the molecule is O=C(O)C(F)(F)F.O=C(c1ccc(F)cc1)N1C[C@@H]2OCCN(Cc3ccncc3)[C@@H]2C1. The van der Waals surface area contributed by atoms with Gasteiger partial charge in [-0.3, -0.25) is 14.7 Å². The lowest BCUT2D eigenvalue weighted by atomic mass is 10.1. The van der Waals surface area contributed by atoms with Gasteiger partial charge in [-0.05, 0) is 42.0 Å². The van der Waals surface area contributed by atoms with Crippen LogP contribution in [0.25, 0.3) is 0 Å². The molecule has 1 aromatic heterocycles. The van der Waals surface area contributed by atoms with Gasteiger partial charge in [-0.15, -0.1) is 0 Å². The Hall–Kier alpha value is -3.05. The van der Waals surface area contributed by atoms with Gasteiger partial charge in [0.15, 0.2) is 0 Å².